The van der Waals surface area contributed by atoms with Crippen molar-refractivity contribution in [2.75, 3.05) is 31.6 Å². The number of nitrogens with one attached hydrogen (secondary N) is 1. The van der Waals surface area contributed by atoms with Gasteiger partial charge in [-0.15, -0.1) is 0 Å². The molecule has 1 atom stereocenters. The van der Waals surface area contributed by atoms with Gasteiger partial charge in [0.15, 0.2) is 0 Å². The van der Waals surface area contributed by atoms with Crippen LogP contribution in [0.1, 0.15) is 17.5 Å². The van der Waals surface area contributed by atoms with Crippen LogP contribution in [0.2, 0.25) is 5.02 Å². The molecule has 2 aromatic rings. The van der Waals surface area contributed by atoms with E-state index < -0.39 is 5.82 Å². The standard InChI is InChI=1S/C20H20ClFN2O2/c21-15-5-6-17(22)18(11-15)23-19(25)12-24-9-10-26-20(13-24)8-7-14-3-1-2-4-16(14)20/h1-6,11H,7-10,12-13H2,(H,23,25)/t20-/m1/s1. The summed E-state index contributed by atoms with van der Waals surface area (Å²) in [7, 11) is 0. The zero-order chi connectivity index (χ0) is 18.1. The van der Waals surface area contributed by atoms with E-state index in [9.17, 15) is 9.18 Å². The molecule has 1 N–H and O–H groups in total. The highest BCUT2D eigenvalue weighted by Gasteiger charge is 2.43. The molecule has 2 aromatic carbocycles. The molecule has 0 bridgehead atoms. The van der Waals surface area contributed by atoms with Gasteiger partial charge in [0.05, 0.1) is 18.8 Å². The minimum Gasteiger partial charge on any atom is -0.368 e. The number of carbonyl (C=O) groups excluding carboxylic acids is 1. The summed E-state index contributed by atoms with van der Waals surface area (Å²) in [6.45, 7) is 2.11. The number of halogens is 2. The van der Waals surface area contributed by atoms with Crippen LogP contribution in [0.15, 0.2) is 42.5 Å². The third kappa shape index (κ3) is 3.34. The second-order valence-corrected chi connectivity index (χ2v) is 7.32. The Bertz CT molecular complexity index is 840. The number of benzene rings is 2. The molecule has 26 heavy (non-hydrogen) atoms. The number of ether oxygens (including phenoxy) is 1. The fourth-order valence-corrected chi connectivity index (χ4v) is 4.12. The molecule has 1 spiro atoms. The summed E-state index contributed by atoms with van der Waals surface area (Å²) in [5.74, 6) is -0.750. The number of aryl methyl sites for hydroxylation is 1. The smallest absolute Gasteiger partial charge is 0.238 e. The second-order valence-electron chi connectivity index (χ2n) is 6.88. The maximum absolute atomic E-state index is 13.8. The first-order valence-electron chi connectivity index (χ1n) is 8.75. The molecule has 0 unspecified atom stereocenters. The minimum absolute atomic E-state index is 0.108. The van der Waals surface area contributed by atoms with Crippen molar-refractivity contribution in [2.24, 2.45) is 0 Å². The van der Waals surface area contributed by atoms with Gasteiger partial charge >= 0.3 is 0 Å². The van der Waals surface area contributed by atoms with Crippen LogP contribution < -0.4 is 5.32 Å². The molecule has 6 heteroatoms. The minimum atomic E-state index is -0.495. The highest BCUT2D eigenvalue weighted by molar-refractivity contribution is 6.30. The first-order valence-corrected chi connectivity index (χ1v) is 9.13. The van der Waals surface area contributed by atoms with Crippen molar-refractivity contribution in [3.05, 3.63) is 64.4 Å². The van der Waals surface area contributed by atoms with Crippen LogP contribution in [-0.2, 0) is 21.6 Å². The van der Waals surface area contributed by atoms with Gasteiger partial charge in [-0.25, -0.2) is 4.39 Å². The number of amides is 1. The predicted octanol–water partition coefficient (Wildman–Crippen LogP) is 3.59. The van der Waals surface area contributed by atoms with E-state index in [4.69, 9.17) is 16.3 Å². The van der Waals surface area contributed by atoms with Crippen molar-refractivity contribution < 1.29 is 13.9 Å². The Morgan fingerprint density at radius 3 is 3.04 bits per heavy atom. The molecule has 1 fully saturated rings. The summed E-state index contributed by atoms with van der Waals surface area (Å²) >= 11 is 5.88. The van der Waals surface area contributed by atoms with E-state index in [0.29, 0.717) is 24.7 Å². The summed E-state index contributed by atoms with van der Waals surface area (Å²) in [6, 6.07) is 12.5. The molecule has 0 saturated carbocycles. The summed E-state index contributed by atoms with van der Waals surface area (Å²) in [6.07, 6.45) is 1.91. The predicted molar refractivity (Wildman–Crippen MR) is 98.9 cm³/mol. The van der Waals surface area contributed by atoms with E-state index in [1.165, 1.54) is 29.3 Å². The van der Waals surface area contributed by atoms with Gasteiger partial charge in [-0.3, -0.25) is 9.69 Å². The van der Waals surface area contributed by atoms with Crippen LogP contribution in [0.3, 0.4) is 0 Å². The van der Waals surface area contributed by atoms with Crippen LogP contribution >= 0.6 is 11.6 Å². The average Bonchev–Trinajstić information content (AvgIpc) is 2.97. The van der Waals surface area contributed by atoms with E-state index >= 15 is 0 Å². The Morgan fingerprint density at radius 2 is 2.15 bits per heavy atom. The zero-order valence-corrected chi connectivity index (χ0v) is 15.1. The van der Waals surface area contributed by atoms with E-state index in [1.807, 2.05) is 12.1 Å². The van der Waals surface area contributed by atoms with Crippen LogP contribution in [0.25, 0.3) is 0 Å². The Labute approximate surface area is 156 Å². The number of rotatable bonds is 3. The Hall–Kier alpha value is -1.95. The van der Waals surface area contributed by atoms with Gasteiger partial charge in [-0.1, -0.05) is 35.9 Å². The zero-order valence-electron chi connectivity index (χ0n) is 14.3. The molecular formula is C20H20ClFN2O2. The molecule has 1 aliphatic carbocycles. The number of hydrogen-bond acceptors (Lipinski definition) is 3. The van der Waals surface area contributed by atoms with Gasteiger partial charge < -0.3 is 10.1 Å². The maximum atomic E-state index is 13.8. The molecule has 0 radical (unpaired) electrons. The fraction of sp³-hybridized carbons (Fsp3) is 0.350. The van der Waals surface area contributed by atoms with Crippen LogP contribution in [0.4, 0.5) is 10.1 Å². The van der Waals surface area contributed by atoms with Crippen LogP contribution in [0.5, 0.6) is 0 Å². The van der Waals surface area contributed by atoms with Crippen LogP contribution in [-0.4, -0.2) is 37.0 Å². The molecule has 1 saturated heterocycles. The van der Waals surface area contributed by atoms with E-state index in [2.05, 4.69) is 22.3 Å². The second kappa shape index (κ2) is 6.99. The lowest BCUT2D eigenvalue weighted by Gasteiger charge is -2.41. The molecule has 1 amide bonds. The highest BCUT2D eigenvalue weighted by Crippen LogP contribution is 2.42. The topological polar surface area (TPSA) is 41.6 Å². The largest absolute Gasteiger partial charge is 0.368 e. The number of nitrogens with zero attached hydrogens (tertiary/aromatic N) is 1. The number of anilines is 1. The van der Waals surface area contributed by atoms with Crippen molar-refractivity contribution in [2.45, 2.75) is 18.4 Å². The van der Waals surface area contributed by atoms with E-state index in [1.54, 1.807) is 0 Å². The average molecular weight is 375 g/mol. The van der Waals surface area contributed by atoms with Gasteiger partial charge in [0.25, 0.3) is 0 Å². The Balaban J connectivity index is 1.44. The SMILES string of the molecule is O=C(CN1CCO[C@]2(CCc3ccccc32)C1)Nc1cc(Cl)ccc1F. The lowest BCUT2D eigenvalue weighted by molar-refractivity contribution is -0.129. The van der Waals surface area contributed by atoms with Gasteiger partial charge in [0.1, 0.15) is 11.4 Å². The lowest BCUT2D eigenvalue weighted by atomic mass is 9.93. The Kier molecular flexibility index (Phi) is 4.69. The summed E-state index contributed by atoms with van der Waals surface area (Å²) in [4.78, 5) is 14.5. The number of carbonyl (C=O) groups is 1. The number of morpholine rings is 1. The van der Waals surface area contributed by atoms with Crippen molar-refractivity contribution >= 4 is 23.2 Å². The molecule has 4 nitrogen and oxygen atoms in total. The quantitative estimate of drug-likeness (QED) is 0.892. The van der Waals surface area contributed by atoms with E-state index in [0.717, 1.165) is 12.8 Å². The lowest BCUT2D eigenvalue weighted by Crippen LogP contribution is -2.50. The van der Waals surface area contributed by atoms with Crippen molar-refractivity contribution in [1.82, 2.24) is 4.90 Å². The van der Waals surface area contributed by atoms with Gasteiger partial charge in [0.2, 0.25) is 5.91 Å². The first kappa shape index (κ1) is 17.5. The summed E-state index contributed by atoms with van der Waals surface area (Å²) < 4.78 is 20.0. The number of hydrogen-bond donors (Lipinski definition) is 1. The molecule has 4 rings (SSSR count). The van der Waals surface area contributed by atoms with Crippen molar-refractivity contribution in [3.63, 3.8) is 0 Å². The van der Waals surface area contributed by atoms with Gasteiger partial charge in [-0.05, 0) is 42.2 Å². The summed E-state index contributed by atoms with van der Waals surface area (Å²) in [5.41, 5.74) is 2.32. The molecular weight excluding hydrogens is 355 g/mol. The maximum Gasteiger partial charge on any atom is 0.238 e. The normalized spacial score (nSPS) is 22.4. The third-order valence-electron chi connectivity index (χ3n) is 5.14. The third-order valence-corrected chi connectivity index (χ3v) is 5.38. The van der Waals surface area contributed by atoms with E-state index in [-0.39, 0.29) is 23.7 Å². The fourth-order valence-electron chi connectivity index (χ4n) is 3.95. The summed E-state index contributed by atoms with van der Waals surface area (Å²) in [5, 5.41) is 3.00. The molecule has 1 heterocycles. The highest BCUT2D eigenvalue weighted by atomic mass is 35.5. The number of fused-ring (bicyclic) bond motifs is 2. The van der Waals surface area contributed by atoms with Crippen molar-refractivity contribution in [1.29, 1.82) is 0 Å². The molecule has 136 valence electrons. The first-order chi connectivity index (χ1) is 12.6. The molecule has 0 aromatic heterocycles. The Morgan fingerprint density at radius 1 is 1.31 bits per heavy atom. The molecule has 1 aliphatic heterocycles. The van der Waals surface area contributed by atoms with Gasteiger partial charge in [0, 0.05) is 18.1 Å². The van der Waals surface area contributed by atoms with Gasteiger partial charge in [-0.2, -0.15) is 0 Å². The molecule has 2 aliphatic rings. The van der Waals surface area contributed by atoms with Crippen molar-refractivity contribution in [3.8, 4) is 0 Å². The monoisotopic (exact) mass is 374 g/mol. The van der Waals surface area contributed by atoms with Crippen LogP contribution in [0, 0.1) is 5.82 Å².